The van der Waals surface area contributed by atoms with E-state index in [4.69, 9.17) is 23.2 Å². The zero-order valence-corrected chi connectivity index (χ0v) is 23.1. The van der Waals surface area contributed by atoms with E-state index in [1.165, 1.54) is 6.07 Å². The summed E-state index contributed by atoms with van der Waals surface area (Å²) in [7, 11) is 0. The van der Waals surface area contributed by atoms with Gasteiger partial charge in [0.05, 0.1) is 12.2 Å². The van der Waals surface area contributed by atoms with E-state index in [1.807, 2.05) is 26.0 Å². The molecule has 0 aliphatic carbocycles. The summed E-state index contributed by atoms with van der Waals surface area (Å²) in [6, 6.07) is 16.1. The summed E-state index contributed by atoms with van der Waals surface area (Å²) in [4.78, 5) is 17.4. The minimum absolute atomic E-state index is 0.109. The molecule has 12 heteroatoms. The van der Waals surface area contributed by atoms with Gasteiger partial charge in [-0.15, -0.1) is 0 Å². The lowest BCUT2D eigenvalue weighted by Crippen LogP contribution is -2.16. The van der Waals surface area contributed by atoms with Crippen LogP contribution in [0.15, 0.2) is 60.7 Å². The van der Waals surface area contributed by atoms with Crippen LogP contribution >= 0.6 is 23.2 Å². The van der Waals surface area contributed by atoms with Crippen LogP contribution in [0.2, 0.25) is 10.0 Å². The number of carbonyl (C=O) groups is 1. The van der Waals surface area contributed by atoms with E-state index in [0.717, 1.165) is 22.9 Å². The molecule has 0 bridgehead atoms. The highest BCUT2D eigenvalue weighted by atomic mass is 35.5. The summed E-state index contributed by atoms with van der Waals surface area (Å²) in [5.41, 5.74) is 1.81. The lowest BCUT2D eigenvalue weighted by molar-refractivity contribution is -0.142. The van der Waals surface area contributed by atoms with Gasteiger partial charge in [-0.3, -0.25) is 9.48 Å². The molecule has 1 N–H and O–H groups in total. The monoisotopic (exact) mass is 586 g/mol. The van der Waals surface area contributed by atoms with Crippen molar-refractivity contribution < 1.29 is 18.0 Å². The van der Waals surface area contributed by atoms with Crippen molar-refractivity contribution in [3.63, 3.8) is 0 Å². The summed E-state index contributed by atoms with van der Waals surface area (Å²) < 4.78 is 44.3. The Labute approximate surface area is 237 Å². The highest BCUT2D eigenvalue weighted by Gasteiger charge is 2.35. The molecular formula is C28H23Cl2F3N6O. The van der Waals surface area contributed by atoms with Crippen LogP contribution in [0.4, 0.5) is 19.0 Å². The van der Waals surface area contributed by atoms with Gasteiger partial charge in [-0.25, -0.2) is 9.50 Å². The fourth-order valence-corrected chi connectivity index (χ4v) is 4.67. The number of benzene rings is 2. The first-order chi connectivity index (χ1) is 18.9. The number of halogens is 5. The minimum Gasteiger partial charge on any atom is -0.304 e. The van der Waals surface area contributed by atoms with Crippen LogP contribution in [-0.4, -0.2) is 30.3 Å². The van der Waals surface area contributed by atoms with Crippen LogP contribution in [0.1, 0.15) is 52.8 Å². The molecule has 0 atom stereocenters. The number of fused-ring (bicyclic) bond motifs is 1. The number of rotatable bonds is 6. The van der Waals surface area contributed by atoms with E-state index >= 15 is 0 Å². The van der Waals surface area contributed by atoms with Crippen LogP contribution in [0.5, 0.6) is 0 Å². The fourth-order valence-electron chi connectivity index (χ4n) is 4.20. The van der Waals surface area contributed by atoms with Gasteiger partial charge in [0.25, 0.3) is 5.91 Å². The minimum atomic E-state index is -4.73. The molecule has 0 aliphatic heterocycles. The molecule has 0 aliphatic rings. The van der Waals surface area contributed by atoms with Gasteiger partial charge in [0.2, 0.25) is 0 Å². The lowest BCUT2D eigenvalue weighted by atomic mass is 10.0. The second kappa shape index (κ2) is 10.6. The van der Waals surface area contributed by atoms with Crippen molar-refractivity contribution in [2.45, 2.75) is 39.4 Å². The Morgan fingerprint density at radius 3 is 2.38 bits per heavy atom. The van der Waals surface area contributed by atoms with E-state index in [-0.39, 0.29) is 28.8 Å². The lowest BCUT2D eigenvalue weighted by Gasteiger charge is -2.11. The predicted octanol–water partition coefficient (Wildman–Crippen LogP) is 7.65. The number of aromatic nitrogens is 5. The topological polar surface area (TPSA) is 77.1 Å². The molecule has 0 radical (unpaired) electrons. The number of nitrogens with zero attached hydrogens (tertiary/aromatic N) is 5. The van der Waals surface area contributed by atoms with Crippen molar-refractivity contribution in [1.82, 2.24) is 24.4 Å². The van der Waals surface area contributed by atoms with Gasteiger partial charge in [0.15, 0.2) is 22.9 Å². The summed E-state index contributed by atoms with van der Waals surface area (Å²) >= 11 is 12.2. The first-order valence-electron chi connectivity index (χ1n) is 12.3. The number of hydrogen-bond acceptors (Lipinski definition) is 4. The molecule has 0 saturated heterocycles. The number of aryl methyl sites for hydroxylation is 1. The number of nitrogens with one attached hydrogen (secondary N) is 1. The molecule has 0 saturated carbocycles. The maximum absolute atomic E-state index is 14.0. The summed E-state index contributed by atoms with van der Waals surface area (Å²) in [5, 5.41) is 11.9. The summed E-state index contributed by atoms with van der Waals surface area (Å²) in [6.07, 6.45) is -4.73. The maximum atomic E-state index is 14.0. The van der Waals surface area contributed by atoms with Crippen molar-refractivity contribution >= 4 is 40.6 Å². The smallest absolute Gasteiger partial charge is 0.304 e. The standard InChI is InChI=1S/C28H23Cl2F3N6O/c1-15(2)17-4-6-18(7-5-17)22-12-24(28(31,32)33)39-26(34-22)13-23(36-39)27(40)35-25-10-16(3)38(37-25)14-19-8-9-20(29)11-21(19)30/h4-13,15H,14H2,1-3H3,(H,35,37,40). The number of alkyl halides is 3. The predicted molar refractivity (Wildman–Crippen MR) is 148 cm³/mol. The van der Waals surface area contributed by atoms with E-state index in [9.17, 15) is 18.0 Å². The van der Waals surface area contributed by atoms with Crippen LogP contribution in [0.3, 0.4) is 0 Å². The first kappa shape index (κ1) is 27.7. The average molecular weight is 587 g/mol. The van der Waals surface area contributed by atoms with Crippen LogP contribution in [0.25, 0.3) is 16.9 Å². The van der Waals surface area contributed by atoms with Crippen molar-refractivity contribution in [2.75, 3.05) is 5.32 Å². The Morgan fingerprint density at radius 1 is 1.00 bits per heavy atom. The SMILES string of the molecule is Cc1cc(NC(=O)c2cc3nc(-c4ccc(C(C)C)cc4)cc(C(F)(F)F)n3n2)nn1Cc1ccc(Cl)cc1Cl. The van der Waals surface area contributed by atoms with Crippen LogP contribution in [-0.2, 0) is 12.7 Å². The number of carbonyl (C=O) groups excluding carboxylic acids is 1. The summed E-state index contributed by atoms with van der Waals surface area (Å²) in [5.74, 6) is -0.244. The Balaban J connectivity index is 1.43. The zero-order valence-electron chi connectivity index (χ0n) is 21.6. The molecule has 0 fully saturated rings. The van der Waals surface area contributed by atoms with Gasteiger partial charge in [-0.1, -0.05) is 67.4 Å². The molecule has 3 heterocycles. The van der Waals surface area contributed by atoms with Gasteiger partial charge < -0.3 is 5.32 Å². The molecule has 7 nitrogen and oxygen atoms in total. The Kier molecular flexibility index (Phi) is 7.32. The van der Waals surface area contributed by atoms with E-state index in [2.05, 4.69) is 20.5 Å². The van der Waals surface area contributed by atoms with Gasteiger partial charge in [-0.05, 0) is 42.2 Å². The van der Waals surface area contributed by atoms with Gasteiger partial charge in [-0.2, -0.15) is 23.4 Å². The Bertz CT molecular complexity index is 1720. The number of amides is 1. The zero-order chi connectivity index (χ0) is 28.8. The van der Waals surface area contributed by atoms with Gasteiger partial charge in [0, 0.05) is 33.4 Å². The van der Waals surface area contributed by atoms with Crippen molar-refractivity contribution in [3.8, 4) is 11.3 Å². The van der Waals surface area contributed by atoms with Crippen molar-refractivity contribution in [3.05, 3.63) is 98.9 Å². The third-order valence-electron chi connectivity index (χ3n) is 6.38. The Hall–Kier alpha value is -3.89. The maximum Gasteiger partial charge on any atom is 0.433 e. The van der Waals surface area contributed by atoms with Gasteiger partial charge >= 0.3 is 6.18 Å². The molecule has 5 rings (SSSR count). The highest BCUT2D eigenvalue weighted by molar-refractivity contribution is 6.35. The van der Waals surface area contributed by atoms with Crippen molar-refractivity contribution in [1.29, 1.82) is 0 Å². The molecule has 0 spiro atoms. The average Bonchev–Trinajstić information content (AvgIpc) is 3.47. The second-order valence-electron chi connectivity index (χ2n) is 9.62. The van der Waals surface area contributed by atoms with E-state index in [1.54, 1.807) is 48.0 Å². The van der Waals surface area contributed by atoms with Crippen molar-refractivity contribution in [2.24, 2.45) is 0 Å². The highest BCUT2D eigenvalue weighted by Crippen LogP contribution is 2.33. The fraction of sp³-hybridized carbons (Fsp3) is 0.214. The van der Waals surface area contributed by atoms with Gasteiger partial charge in [0.1, 0.15) is 0 Å². The molecule has 1 amide bonds. The largest absolute Gasteiger partial charge is 0.433 e. The quantitative estimate of drug-likeness (QED) is 0.221. The Morgan fingerprint density at radius 2 is 1.73 bits per heavy atom. The first-order valence-corrected chi connectivity index (χ1v) is 13.0. The second-order valence-corrected chi connectivity index (χ2v) is 10.5. The van der Waals surface area contributed by atoms with E-state index in [0.29, 0.717) is 26.7 Å². The molecule has 206 valence electrons. The molecule has 40 heavy (non-hydrogen) atoms. The molecule has 2 aromatic carbocycles. The number of hydrogen-bond donors (Lipinski definition) is 1. The third-order valence-corrected chi connectivity index (χ3v) is 6.97. The van der Waals surface area contributed by atoms with E-state index < -0.39 is 17.8 Å². The van der Waals surface area contributed by atoms with Crippen LogP contribution < -0.4 is 5.32 Å². The third kappa shape index (κ3) is 5.68. The van der Waals surface area contributed by atoms with Crippen LogP contribution in [0, 0.1) is 6.92 Å². The molecule has 0 unspecified atom stereocenters. The molecular weight excluding hydrogens is 564 g/mol. The molecule has 5 aromatic rings. The summed E-state index contributed by atoms with van der Waals surface area (Å²) in [6.45, 7) is 6.18. The molecule has 3 aromatic heterocycles. The number of anilines is 1. The normalized spacial score (nSPS) is 11.9.